The molecule has 1 aliphatic carbocycles. The van der Waals surface area contributed by atoms with Gasteiger partial charge in [-0.3, -0.25) is 0 Å². The fourth-order valence-electron chi connectivity index (χ4n) is 2.93. The zero-order chi connectivity index (χ0) is 13.9. The molecule has 1 aliphatic rings. The second kappa shape index (κ2) is 5.98. The molecule has 106 valence electrons. The van der Waals surface area contributed by atoms with Crippen LogP contribution in [0.5, 0.6) is 0 Å². The maximum Gasteiger partial charge on any atom is 0.123 e. The Hall–Kier alpha value is -1.32. The smallest absolute Gasteiger partial charge is 0.123 e. The summed E-state index contributed by atoms with van der Waals surface area (Å²) in [7, 11) is 0. The molecular weight excluding hydrogens is 270 g/mol. The van der Waals surface area contributed by atoms with Gasteiger partial charge in [0.05, 0.1) is 6.04 Å². The van der Waals surface area contributed by atoms with Gasteiger partial charge in [0, 0.05) is 23.5 Å². The van der Waals surface area contributed by atoms with Crippen LogP contribution in [-0.4, -0.2) is 16.0 Å². The summed E-state index contributed by atoms with van der Waals surface area (Å²) in [6.45, 7) is 2.19. The number of nitrogens with zero attached hydrogens (tertiary/aromatic N) is 1. The molecule has 0 amide bonds. The first-order valence-corrected chi connectivity index (χ1v) is 7.65. The van der Waals surface area contributed by atoms with E-state index in [1.807, 2.05) is 24.5 Å². The Labute approximate surface area is 124 Å². The van der Waals surface area contributed by atoms with E-state index in [0.717, 1.165) is 17.3 Å². The molecule has 1 unspecified atom stereocenters. The van der Waals surface area contributed by atoms with E-state index in [1.54, 1.807) is 0 Å². The first-order chi connectivity index (χ1) is 9.76. The first-order valence-electron chi connectivity index (χ1n) is 7.27. The predicted octanol–water partition coefficient (Wildman–Crippen LogP) is 4.05. The van der Waals surface area contributed by atoms with Crippen molar-refractivity contribution < 1.29 is 0 Å². The van der Waals surface area contributed by atoms with Gasteiger partial charge in [-0.2, -0.15) is 0 Å². The number of rotatable bonds is 5. The highest BCUT2D eigenvalue weighted by Gasteiger charge is 2.32. The largest absolute Gasteiger partial charge is 0.347 e. The number of aromatic amines is 1. The van der Waals surface area contributed by atoms with E-state index in [2.05, 4.69) is 34.3 Å². The number of H-pyrrole nitrogens is 1. The van der Waals surface area contributed by atoms with E-state index >= 15 is 0 Å². The van der Waals surface area contributed by atoms with Gasteiger partial charge in [-0.1, -0.05) is 30.7 Å². The van der Waals surface area contributed by atoms with E-state index in [4.69, 9.17) is 11.6 Å². The van der Waals surface area contributed by atoms with Crippen molar-refractivity contribution in [3.63, 3.8) is 0 Å². The molecule has 4 heteroatoms. The lowest BCUT2D eigenvalue weighted by Gasteiger charge is -2.38. The van der Waals surface area contributed by atoms with E-state index in [0.29, 0.717) is 18.0 Å². The average Bonchev–Trinajstić information content (AvgIpc) is 2.91. The molecular formula is C16H20ClN3. The average molecular weight is 290 g/mol. The van der Waals surface area contributed by atoms with Crippen LogP contribution in [0.2, 0.25) is 5.02 Å². The van der Waals surface area contributed by atoms with Crippen molar-refractivity contribution >= 4 is 11.6 Å². The molecule has 0 aliphatic heterocycles. The van der Waals surface area contributed by atoms with Gasteiger partial charge in [-0.25, -0.2) is 4.98 Å². The Morgan fingerprint density at radius 2 is 2.30 bits per heavy atom. The van der Waals surface area contributed by atoms with Crippen LogP contribution >= 0.6 is 11.6 Å². The number of hydrogen-bond donors (Lipinski definition) is 2. The highest BCUT2D eigenvalue weighted by Crippen LogP contribution is 2.38. The van der Waals surface area contributed by atoms with Crippen LogP contribution in [0.4, 0.5) is 0 Å². The topological polar surface area (TPSA) is 40.7 Å². The summed E-state index contributed by atoms with van der Waals surface area (Å²) < 4.78 is 0. The molecule has 0 spiro atoms. The summed E-state index contributed by atoms with van der Waals surface area (Å²) in [6.07, 6.45) is 7.10. The Bertz CT molecular complexity index is 547. The third-order valence-corrected chi connectivity index (χ3v) is 4.39. The van der Waals surface area contributed by atoms with E-state index in [9.17, 15) is 0 Å². The minimum absolute atomic E-state index is 0.329. The maximum absolute atomic E-state index is 6.05. The maximum atomic E-state index is 6.05. The first kappa shape index (κ1) is 13.7. The zero-order valence-electron chi connectivity index (χ0n) is 11.6. The minimum Gasteiger partial charge on any atom is -0.347 e. The summed E-state index contributed by atoms with van der Waals surface area (Å²) in [6, 6.07) is 9.15. The minimum atomic E-state index is 0.329. The molecule has 0 bridgehead atoms. The number of aromatic nitrogens is 2. The molecule has 1 fully saturated rings. The fourth-order valence-corrected chi connectivity index (χ4v) is 3.13. The van der Waals surface area contributed by atoms with E-state index < -0.39 is 0 Å². The molecule has 1 heterocycles. The molecule has 20 heavy (non-hydrogen) atoms. The van der Waals surface area contributed by atoms with Gasteiger partial charge in [0.25, 0.3) is 0 Å². The summed E-state index contributed by atoms with van der Waals surface area (Å²) in [4.78, 5) is 7.55. The van der Waals surface area contributed by atoms with Gasteiger partial charge in [0.15, 0.2) is 0 Å². The summed E-state index contributed by atoms with van der Waals surface area (Å²) in [5.41, 5.74) is 1.36. The normalized spacial score (nSPS) is 23.3. The van der Waals surface area contributed by atoms with E-state index in [-0.39, 0.29) is 0 Å². The molecule has 0 saturated heterocycles. The second-order valence-electron chi connectivity index (χ2n) is 5.52. The van der Waals surface area contributed by atoms with Gasteiger partial charge in [0.2, 0.25) is 0 Å². The third kappa shape index (κ3) is 2.89. The SMILES string of the molecule is CCC(NC1CC(c2cccc(Cl)c2)C1)c1ncc[nH]1. The third-order valence-electron chi connectivity index (χ3n) is 4.15. The molecule has 1 saturated carbocycles. The lowest BCUT2D eigenvalue weighted by Crippen LogP contribution is -2.42. The van der Waals surface area contributed by atoms with Crippen molar-refractivity contribution in [1.82, 2.24) is 15.3 Å². The number of halogens is 1. The van der Waals surface area contributed by atoms with Gasteiger partial charge in [-0.15, -0.1) is 0 Å². The van der Waals surface area contributed by atoms with Crippen molar-refractivity contribution in [2.45, 2.75) is 44.2 Å². The van der Waals surface area contributed by atoms with Crippen molar-refractivity contribution in [2.75, 3.05) is 0 Å². The highest BCUT2D eigenvalue weighted by atomic mass is 35.5. The van der Waals surface area contributed by atoms with Crippen LogP contribution in [0.25, 0.3) is 0 Å². The molecule has 0 radical (unpaired) electrons. The number of imidazole rings is 1. The van der Waals surface area contributed by atoms with Crippen molar-refractivity contribution in [3.05, 3.63) is 53.1 Å². The molecule has 3 nitrogen and oxygen atoms in total. The van der Waals surface area contributed by atoms with Crippen LogP contribution in [0, 0.1) is 0 Å². The lowest BCUT2D eigenvalue weighted by atomic mass is 9.75. The summed E-state index contributed by atoms with van der Waals surface area (Å²) >= 11 is 6.05. The monoisotopic (exact) mass is 289 g/mol. The van der Waals surface area contributed by atoms with Gasteiger partial charge < -0.3 is 10.3 Å². The number of nitrogens with one attached hydrogen (secondary N) is 2. The summed E-state index contributed by atoms with van der Waals surface area (Å²) in [5, 5.41) is 4.53. The molecule has 3 rings (SSSR count). The number of benzene rings is 1. The van der Waals surface area contributed by atoms with E-state index in [1.165, 1.54) is 18.4 Å². The Kier molecular flexibility index (Phi) is 4.08. The second-order valence-corrected chi connectivity index (χ2v) is 5.96. The lowest BCUT2D eigenvalue weighted by molar-refractivity contribution is 0.259. The van der Waals surface area contributed by atoms with Crippen molar-refractivity contribution in [3.8, 4) is 0 Å². The Balaban J connectivity index is 1.55. The molecule has 2 N–H and O–H groups in total. The van der Waals surface area contributed by atoms with Crippen LogP contribution in [0.15, 0.2) is 36.7 Å². The summed E-state index contributed by atoms with van der Waals surface area (Å²) in [5.74, 6) is 1.68. The van der Waals surface area contributed by atoms with Gasteiger partial charge in [-0.05, 0) is 42.9 Å². The van der Waals surface area contributed by atoms with Crippen LogP contribution in [-0.2, 0) is 0 Å². The Morgan fingerprint density at radius 3 is 2.95 bits per heavy atom. The predicted molar refractivity (Wildman–Crippen MR) is 82.0 cm³/mol. The molecule has 1 aromatic carbocycles. The van der Waals surface area contributed by atoms with Crippen LogP contribution < -0.4 is 5.32 Å². The quantitative estimate of drug-likeness (QED) is 0.872. The zero-order valence-corrected chi connectivity index (χ0v) is 12.4. The van der Waals surface area contributed by atoms with Crippen molar-refractivity contribution in [1.29, 1.82) is 0 Å². The standard InChI is InChI=1S/C16H20ClN3/c1-2-15(16-18-6-7-19-16)20-14-9-12(10-14)11-4-3-5-13(17)8-11/h3-8,12,14-15,20H,2,9-10H2,1H3,(H,18,19). The van der Waals surface area contributed by atoms with Gasteiger partial charge >= 0.3 is 0 Å². The number of hydrogen-bond acceptors (Lipinski definition) is 2. The van der Waals surface area contributed by atoms with Crippen molar-refractivity contribution in [2.24, 2.45) is 0 Å². The molecule has 2 aromatic rings. The van der Waals surface area contributed by atoms with Crippen LogP contribution in [0.1, 0.15) is 49.5 Å². The highest BCUT2D eigenvalue weighted by molar-refractivity contribution is 6.30. The Morgan fingerprint density at radius 1 is 1.45 bits per heavy atom. The fraction of sp³-hybridized carbons (Fsp3) is 0.438. The van der Waals surface area contributed by atoms with Crippen LogP contribution in [0.3, 0.4) is 0 Å². The molecule has 1 aromatic heterocycles. The van der Waals surface area contributed by atoms with Gasteiger partial charge in [0.1, 0.15) is 5.82 Å². The molecule has 1 atom stereocenters.